The first-order chi connectivity index (χ1) is 13.2. The molecule has 4 nitrogen and oxygen atoms in total. The molecule has 27 heavy (non-hydrogen) atoms. The van der Waals surface area contributed by atoms with Crippen LogP contribution >= 0.6 is 11.3 Å². The van der Waals surface area contributed by atoms with E-state index < -0.39 is 0 Å². The first-order valence-electron chi connectivity index (χ1n) is 8.69. The number of thiophene rings is 1. The predicted molar refractivity (Wildman–Crippen MR) is 111 cm³/mol. The van der Waals surface area contributed by atoms with E-state index in [4.69, 9.17) is 4.74 Å². The Labute approximate surface area is 162 Å². The zero-order valence-corrected chi connectivity index (χ0v) is 16.0. The second-order valence-corrected chi connectivity index (χ2v) is 7.33. The van der Waals surface area contributed by atoms with Crippen molar-refractivity contribution in [2.24, 2.45) is 0 Å². The molecular formula is C22H20N2O2S. The molecule has 0 aliphatic carbocycles. The van der Waals surface area contributed by atoms with Crippen LogP contribution in [0.3, 0.4) is 0 Å². The van der Waals surface area contributed by atoms with Gasteiger partial charge in [0.25, 0.3) is 0 Å². The van der Waals surface area contributed by atoms with E-state index in [1.54, 1.807) is 18.4 Å². The maximum Gasteiger partial charge on any atom is 0.147 e. The number of ether oxygens (including phenoxy) is 1. The summed E-state index contributed by atoms with van der Waals surface area (Å²) >= 11 is 1.65. The van der Waals surface area contributed by atoms with Gasteiger partial charge in [0.1, 0.15) is 17.0 Å². The predicted octanol–water partition coefficient (Wildman–Crippen LogP) is 5.52. The van der Waals surface area contributed by atoms with E-state index in [1.807, 2.05) is 66.9 Å². The summed E-state index contributed by atoms with van der Waals surface area (Å²) in [6, 6.07) is 19.6. The smallest absolute Gasteiger partial charge is 0.147 e. The maximum absolute atomic E-state index is 11.0. The van der Waals surface area contributed by atoms with E-state index in [0.29, 0.717) is 5.52 Å². The van der Waals surface area contributed by atoms with Crippen LogP contribution in [0.4, 0.5) is 5.69 Å². The van der Waals surface area contributed by atoms with Gasteiger partial charge in [-0.3, -0.25) is 0 Å². The largest absolute Gasteiger partial charge is 0.505 e. The van der Waals surface area contributed by atoms with E-state index in [0.717, 1.165) is 33.0 Å². The minimum atomic E-state index is -0.176. The Morgan fingerprint density at radius 1 is 1.04 bits per heavy atom. The lowest BCUT2D eigenvalue weighted by Gasteiger charge is -2.21. The molecule has 0 amide bonds. The highest BCUT2D eigenvalue weighted by molar-refractivity contribution is 7.10. The highest BCUT2D eigenvalue weighted by Gasteiger charge is 2.21. The van der Waals surface area contributed by atoms with Gasteiger partial charge >= 0.3 is 0 Å². The summed E-state index contributed by atoms with van der Waals surface area (Å²) in [7, 11) is 1.65. The van der Waals surface area contributed by atoms with Crippen molar-refractivity contribution in [1.82, 2.24) is 4.98 Å². The number of methoxy groups -OCH3 is 1. The number of hydrogen-bond acceptors (Lipinski definition) is 5. The summed E-state index contributed by atoms with van der Waals surface area (Å²) in [6.45, 7) is 1.93. The van der Waals surface area contributed by atoms with Crippen LogP contribution in [0.1, 0.15) is 22.2 Å². The first kappa shape index (κ1) is 17.4. The summed E-state index contributed by atoms with van der Waals surface area (Å²) in [5.41, 5.74) is 3.26. The van der Waals surface area contributed by atoms with Crippen molar-refractivity contribution >= 4 is 27.9 Å². The molecule has 0 saturated carbocycles. The molecule has 0 fully saturated rings. The van der Waals surface area contributed by atoms with Gasteiger partial charge in [0, 0.05) is 27.2 Å². The van der Waals surface area contributed by atoms with Gasteiger partial charge in [0.05, 0.1) is 13.2 Å². The Morgan fingerprint density at radius 2 is 1.81 bits per heavy atom. The van der Waals surface area contributed by atoms with Crippen molar-refractivity contribution in [3.05, 3.63) is 82.2 Å². The number of rotatable bonds is 5. The maximum atomic E-state index is 11.0. The Balaban J connectivity index is 1.79. The molecule has 0 spiro atoms. The van der Waals surface area contributed by atoms with Crippen LogP contribution in [0.15, 0.2) is 66.0 Å². The highest BCUT2D eigenvalue weighted by Crippen LogP contribution is 2.38. The third-order valence-corrected chi connectivity index (χ3v) is 5.48. The van der Waals surface area contributed by atoms with E-state index in [1.165, 1.54) is 0 Å². The standard InChI is InChI=1S/C22H20N2O2S/c1-14-5-6-15-7-12-18(22(25)20(15)23-14)21(19-4-3-13-27-19)24-16-8-10-17(26-2)11-9-16/h3-13,21,24-25H,1-2H3. The SMILES string of the molecule is COc1ccc(NC(c2cccs2)c2ccc3ccc(C)nc3c2O)cc1. The number of nitrogens with one attached hydrogen (secondary N) is 1. The molecule has 1 atom stereocenters. The average molecular weight is 376 g/mol. The number of aryl methyl sites for hydroxylation is 1. The molecule has 2 N–H and O–H groups in total. The molecule has 0 aliphatic heterocycles. The van der Waals surface area contributed by atoms with Crippen molar-refractivity contribution in [3.8, 4) is 11.5 Å². The van der Waals surface area contributed by atoms with Crippen LogP contribution in [0.5, 0.6) is 11.5 Å². The molecule has 2 aromatic heterocycles. The van der Waals surface area contributed by atoms with Crippen molar-refractivity contribution in [1.29, 1.82) is 0 Å². The van der Waals surface area contributed by atoms with Gasteiger partial charge in [0.2, 0.25) is 0 Å². The van der Waals surface area contributed by atoms with Crippen molar-refractivity contribution in [2.45, 2.75) is 13.0 Å². The molecule has 0 bridgehead atoms. The summed E-state index contributed by atoms with van der Waals surface area (Å²) in [5, 5.41) is 17.5. The number of pyridine rings is 1. The lowest BCUT2D eigenvalue weighted by atomic mass is 10.0. The molecular weight excluding hydrogens is 356 g/mol. The summed E-state index contributed by atoms with van der Waals surface area (Å²) < 4.78 is 5.24. The third kappa shape index (κ3) is 3.46. The minimum absolute atomic E-state index is 0.176. The summed E-state index contributed by atoms with van der Waals surface area (Å²) in [6.07, 6.45) is 0. The average Bonchev–Trinajstić information content (AvgIpc) is 3.22. The molecule has 2 aromatic carbocycles. The molecule has 2 heterocycles. The summed E-state index contributed by atoms with van der Waals surface area (Å²) in [4.78, 5) is 5.66. The molecule has 5 heteroatoms. The van der Waals surface area contributed by atoms with Crippen LogP contribution in [0, 0.1) is 6.92 Å². The topological polar surface area (TPSA) is 54.4 Å². The van der Waals surface area contributed by atoms with Gasteiger partial charge in [-0.1, -0.05) is 24.3 Å². The number of nitrogens with zero attached hydrogens (tertiary/aromatic N) is 1. The lowest BCUT2D eigenvalue weighted by Crippen LogP contribution is -2.11. The number of aromatic nitrogens is 1. The number of fused-ring (bicyclic) bond motifs is 1. The molecule has 4 rings (SSSR count). The van der Waals surface area contributed by atoms with Crippen LogP contribution < -0.4 is 10.1 Å². The Hall–Kier alpha value is -3.05. The zero-order chi connectivity index (χ0) is 18.8. The van der Waals surface area contributed by atoms with Gasteiger partial charge in [-0.2, -0.15) is 0 Å². The number of aromatic hydroxyl groups is 1. The monoisotopic (exact) mass is 376 g/mol. The Morgan fingerprint density at radius 3 is 2.52 bits per heavy atom. The van der Waals surface area contributed by atoms with E-state index >= 15 is 0 Å². The van der Waals surface area contributed by atoms with Crippen LogP contribution in [-0.4, -0.2) is 17.2 Å². The lowest BCUT2D eigenvalue weighted by molar-refractivity contribution is 0.415. The fourth-order valence-electron chi connectivity index (χ4n) is 3.13. The number of phenols is 1. The second-order valence-electron chi connectivity index (χ2n) is 6.35. The van der Waals surface area contributed by atoms with E-state index in [9.17, 15) is 5.11 Å². The van der Waals surface area contributed by atoms with Crippen molar-refractivity contribution in [3.63, 3.8) is 0 Å². The number of hydrogen-bond donors (Lipinski definition) is 2. The van der Waals surface area contributed by atoms with Crippen LogP contribution in [0.25, 0.3) is 10.9 Å². The van der Waals surface area contributed by atoms with E-state index in [-0.39, 0.29) is 11.8 Å². The van der Waals surface area contributed by atoms with Crippen LogP contribution in [-0.2, 0) is 0 Å². The molecule has 136 valence electrons. The van der Waals surface area contributed by atoms with Gasteiger partial charge in [-0.25, -0.2) is 4.98 Å². The van der Waals surface area contributed by atoms with Gasteiger partial charge in [-0.15, -0.1) is 11.3 Å². The fourth-order valence-corrected chi connectivity index (χ4v) is 3.92. The number of phenolic OH excluding ortho intramolecular Hbond substituents is 1. The quantitative estimate of drug-likeness (QED) is 0.481. The van der Waals surface area contributed by atoms with Gasteiger partial charge < -0.3 is 15.2 Å². The number of benzene rings is 2. The third-order valence-electron chi connectivity index (χ3n) is 4.55. The minimum Gasteiger partial charge on any atom is -0.505 e. The first-order valence-corrected chi connectivity index (χ1v) is 9.57. The van der Waals surface area contributed by atoms with E-state index in [2.05, 4.69) is 16.4 Å². The highest BCUT2D eigenvalue weighted by atomic mass is 32.1. The van der Waals surface area contributed by atoms with Crippen molar-refractivity contribution < 1.29 is 9.84 Å². The molecule has 0 saturated heterocycles. The van der Waals surface area contributed by atoms with Crippen molar-refractivity contribution in [2.75, 3.05) is 12.4 Å². The normalized spacial score (nSPS) is 12.1. The zero-order valence-electron chi connectivity index (χ0n) is 15.1. The van der Waals surface area contributed by atoms with Gasteiger partial charge in [0.15, 0.2) is 0 Å². The Kier molecular flexibility index (Phi) is 4.69. The fraction of sp³-hybridized carbons (Fsp3) is 0.136. The second kappa shape index (κ2) is 7.29. The van der Waals surface area contributed by atoms with Gasteiger partial charge in [-0.05, 0) is 48.7 Å². The molecule has 0 radical (unpaired) electrons. The molecule has 1 unspecified atom stereocenters. The number of anilines is 1. The van der Waals surface area contributed by atoms with Crippen LogP contribution in [0.2, 0.25) is 0 Å². The molecule has 4 aromatic rings. The Bertz CT molecular complexity index is 1060. The summed E-state index contributed by atoms with van der Waals surface area (Å²) in [5.74, 6) is 1.03. The molecule has 0 aliphatic rings.